The summed E-state index contributed by atoms with van der Waals surface area (Å²) in [6, 6.07) is 10.9. The van der Waals surface area contributed by atoms with Crippen LogP contribution < -0.4 is 10.1 Å². The van der Waals surface area contributed by atoms with Crippen molar-refractivity contribution in [3.63, 3.8) is 0 Å². The molecule has 0 aliphatic rings. The highest BCUT2D eigenvalue weighted by Gasteiger charge is 2.08. The molecular weight excluding hydrogens is 346 g/mol. The third kappa shape index (κ3) is 3.12. The number of fused-ring (bicyclic) bond motifs is 1. The third-order valence-corrected chi connectivity index (χ3v) is 3.70. The van der Waals surface area contributed by atoms with Crippen molar-refractivity contribution in [1.29, 1.82) is 0 Å². The first-order chi connectivity index (χ1) is 10.7. The minimum Gasteiger partial charge on any atom is -0.497 e. The molecule has 3 aromatic rings. The van der Waals surface area contributed by atoms with Crippen LogP contribution in [0, 0.1) is 0 Å². The van der Waals surface area contributed by atoms with Crippen molar-refractivity contribution in [3.05, 3.63) is 64.5 Å². The minimum absolute atomic E-state index is 0.155. The first kappa shape index (κ1) is 14.6. The second kappa shape index (κ2) is 6.19. The molecule has 1 N–H and O–H groups in total. The van der Waals surface area contributed by atoms with Gasteiger partial charge in [-0.25, -0.2) is 4.98 Å². The lowest BCUT2D eigenvalue weighted by Crippen LogP contribution is -2.22. The average Bonchev–Trinajstić information content (AvgIpc) is 2.94. The number of hydrogen-bond donors (Lipinski definition) is 1. The number of nitrogens with one attached hydrogen (secondary N) is 1. The molecule has 1 aromatic carbocycles. The van der Waals surface area contributed by atoms with Crippen LogP contribution in [0.1, 0.15) is 16.1 Å². The molecule has 0 saturated heterocycles. The van der Waals surface area contributed by atoms with Gasteiger partial charge in [0.05, 0.1) is 19.3 Å². The van der Waals surface area contributed by atoms with Crippen LogP contribution >= 0.6 is 15.9 Å². The molecule has 2 aromatic heterocycles. The molecule has 0 saturated carbocycles. The molecule has 0 spiro atoms. The van der Waals surface area contributed by atoms with E-state index in [-0.39, 0.29) is 5.91 Å². The molecule has 22 heavy (non-hydrogen) atoms. The lowest BCUT2D eigenvalue weighted by Gasteiger charge is -2.05. The van der Waals surface area contributed by atoms with Gasteiger partial charge in [0.25, 0.3) is 5.91 Å². The molecule has 0 aliphatic carbocycles. The SMILES string of the molecule is COc1cccc(C(=O)NCc2cn3cc(Br)ccc3n2)c1. The molecule has 112 valence electrons. The third-order valence-electron chi connectivity index (χ3n) is 3.23. The molecule has 2 heterocycles. The summed E-state index contributed by atoms with van der Waals surface area (Å²) < 4.78 is 8.01. The van der Waals surface area contributed by atoms with Gasteiger partial charge in [0.15, 0.2) is 0 Å². The van der Waals surface area contributed by atoms with Crippen LogP contribution in [0.2, 0.25) is 0 Å². The predicted octanol–water partition coefficient (Wildman–Crippen LogP) is 3.04. The van der Waals surface area contributed by atoms with Crippen molar-refractivity contribution in [2.75, 3.05) is 7.11 Å². The Bertz CT molecular complexity index is 829. The van der Waals surface area contributed by atoms with Gasteiger partial charge < -0.3 is 14.5 Å². The van der Waals surface area contributed by atoms with Crippen LogP contribution in [0.15, 0.2) is 53.3 Å². The number of rotatable bonds is 4. The standard InChI is InChI=1S/C16H14BrN3O2/c1-22-14-4-2-3-11(7-14)16(21)18-8-13-10-20-9-12(17)5-6-15(20)19-13/h2-7,9-10H,8H2,1H3,(H,18,21). The van der Waals surface area contributed by atoms with Crippen LogP contribution in [0.4, 0.5) is 0 Å². The maximum absolute atomic E-state index is 12.1. The number of ether oxygens (including phenoxy) is 1. The van der Waals surface area contributed by atoms with E-state index in [2.05, 4.69) is 26.2 Å². The summed E-state index contributed by atoms with van der Waals surface area (Å²) in [5.74, 6) is 0.502. The molecule has 0 radical (unpaired) electrons. The van der Waals surface area contributed by atoms with Crippen molar-refractivity contribution < 1.29 is 9.53 Å². The van der Waals surface area contributed by atoms with Gasteiger partial charge in [-0.15, -0.1) is 0 Å². The molecule has 3 rings (SSSR count). The van der Waals surface area contributed by atoms with Crippen LogP contribution in [0.5, 0.6) is 5.75 Å². The van der Waals surface area contributed by atoms with E-state index in [1.165, 1.54) is 0 Å². The number of aromatic nitrogens is 2. The zero-order valence-electron chi connectivity index (χ0n) is 11.9. The van der Waals surface area contributed by atoms with Gasteiger partial charge in [-0.3, -0.25) is 4.79 Å². The Balaban J connectivity index is 1.71. The second-order valence-electron chi connectivity index (χ2n) is 4.76. The number of methoxy groups -OCH3 is 1. The Hall–Kier alpha value is -2.34. The van der Waals surface area contributed by atoms with E-state index < -0.39 is 0 Å². The number of amides is 1. The summed E-state index contributed by atoms with van der Waals surface area (Å²) in [4.78, 5) is 16.6. The number of benzene rings is 1. The summed E-state index contributed by atoms with van der Waals surface area (Å²) in [6.45, 7) is 0.370. The van der Waals surface area contributed by atoms with Gasteiger partial charge in [-0.05, 0) is 46.3 Å². The summed E-state index contributed by atoms with van der Waals surface area (Å²) in [5.41, 5.74) is 2.20. The number of halogens is 1. The Morgan fingerprint density at radius 3 is 3.00 bits per heavy atom. The molecule has 0 atom stereocenters. The van der Waals surface area contributed by atoms with Crippen molar-refractivity contribution in [2.45, 2.75) is 6.54 Å². The Labute approximate surface area is 136 Å². The Morgan fingerprint density at radius 2 is 2.18 bits per heavy atom. The number of hydrogen-bond acceptors (Lipinski definition) is 3. The second-order valence-corrected chi connectivity index (χ2v) is 5.68. The first-order valence-corrected chi connectivity index (χ1v) is 7.50. The number of carbonyl (C=O) groups is 1. The monoisotopic (exact) mass is 359 g/mol. The van der Waals surface area contributed by atoms with E-state index in [1.54, 1.807) is 31.4 Å². The molecule has 5 nitrogen and oxygen atoms in total. The van der Waals surface area contributed by atoms with E-state index in [9.17, 15) is 4.79 Å². The van der Waals surface area contributed by atoms with Crippen molar-refractivity contribution in [1.82, 2.24) is 14.7 Å². The van der Waals surface area contributed by atoms with Crippen LogP contribution in [0.3, 0.4) is 0 Å². The number of imidazole rings is 1. The summed E-state index contributed by atoms with van der Waals surface area (Å²) >= 11 is 3.42. The topological polar surface area (TPSA) is 55.6 Å². The predicted molar refractivity (Wildman–Crippen MR) is 87.1 cm³/mol. The van der Waals surface area contributed by atoms with Gasteiger partial charge in [0.2, 0.25) is 0 Å². The number of nitrogens with zero attached hydrogens (tertiary/aromatic N) is 2. The van der Waals surface area contributed by atoms with E-state index in [0.29, 0.717) is 17.9 Å². The van der Waals surface area contributed by atoms with E-state index in [1.807, 2.05) is 28.9 Å². The summed E-state index contributed by atoms with van der Waals surface area (Å²) in [5, 5.41) is 2.86. The largest absolute Gasteiger partial charge is 0.497 e. The number of pyridine rings is 1. The zero-order valence-corrected chi connectivity index (χ0v) is 13.5. The maximum Gasteiger partial charge on any atom is 0.251 e. The molecule has 0 aliphatic heterocycles. The highest BCUT2D eigenvalue weighted by Crippen LogP contribution is 2.14. The van der Waals surface area contributed by atoms with Gasteiger partial charge >= 0.3 is 0 Å². The smallest absolute Gasteiger partial charge is 0.251 e. The minimum atomic E-state index is -0.155. The van der Waals surface area contributed by atoms with Crippen LogP contribution in [-0.4, -0.2) is 22.4 Å². The lowest BCUT2D eigenvalue weighted by molar-refractivity contribution is 0.0950. The maximum atomic E-state index is 12.1. The molecule has 0 unspecified atom stereocenters. The van der Waals surface area contributed by atoms with E-state index in [4.69, 9.17) is 4.74 Å². The fourth-order valence-electron chi connectivity index (χ4n) is 2.14. The fourth-order valence-corrected chi connectivity index (χ4v) is 2.49. The first-order valence-electron chi connectivity index (χ1n) is 6.71. The average molecular weight is 360 g/mol. The highest BCUT2D eigenvalue weighted by atomic mass is 79.9. The zero-order chi connectivity index (χ0) is 15.5. The molecule has 1 amide bonds. The van der Waals surface area contributed by atoms with Gasteiger partial charge in [0.1, 0.15) is 11.4 Å². The molecule has 0 fully saturated rings. The van der Waals surface area contributed by atoms with Crippen molar-refractivity contribution >= 4 is 27.5 Å². The number of carbonyl (C=O) groups excluding carboxylic acids is 1. The van der Waals surface area contributed by atoms with Crippen LogP contribution in [-0.2, 0) is 6.54 Å². The molecule has 0 bridgehead atoms. The van der Waals surface area contributed by atoms with Crippen molar-refractivity contribution in [3.8, 4) is 5.75 Å². The van der Waals surface area contributed by atoms with Gasteiger partial charge in [0, 0.05) is 22.4 Å². The summed E-state index contributed by atoms with van der Waals surface area (Å²) in [7, 11) is 1.58. The summed E-state index contributed by atoms with van der Waals surface area (Å²) in [6.07, 6.45) is 3.82. The Kier molecular flexibility index (Phi) is 4.11. The normalized spacial score (nSPS) is 10.6. The fraction of sp³-hybridized carbons (Fsp3) is 0.125. The molecular formula is C16H14BrN3O2. The Morgan fingerprint density at radius 1 is 1.32 bits per heavy atom. The van der Waals surface area contributed by atoms with E-state index in [0.717, 1.165) is 15.8 Å². The van der Waals surface area contributed by atoms with Gasteiger partial charge in [-0.2, -0.15) is 0 Å². The quantitative estimate of drug-likeness (QED) is 0.778. The highest BCUT2D eigenvalue weighted by molar-refractivity contribution is 9.10. The van der Waals surface area contributed by atoms with Gasteiger partial charge in [-0.1, -0.05) is 6.07 Å². The van der Waals surface area contributed by atoms with E-state index >= 15 is 0 Å². The lowest BCUT2D eigenvalue weighted by atomic mass is 10.2. The van der Waals surface area contributed by atoms with Crippen molar-refractivity contribution in [2.24, 2.45) is 0 Å². The van der Waals surface area contributed by atoms with Crippen LogP contribution in [0.25, 0.3) is 5.65 Å². The molecule has 6 heteroatoms.